The summed E-state index contributed by atoms with van der Waals surface area (Å²) in [6, 6.07) is 8.46. The molecular formula is C30H24FN9O. The first kappa shape index (κ1) is 24.7. The number of rotatable bonds is 4. The number of pyridine rings is 3. The van der Waals surface area contributed by atoms with Crippen molar-refractivity contribution >= 4 is 44.4 Å². The summed E-state index contributed by atoms with van der Waals surface area (Å²) in [7, 11) is 3.63. The van der Waals surface area contributed by atoms with Gasteiger partial charge in [-0.1, -0.05) is 5.92 Å². The molecule has 202 valence electrons. The number of fused-ring (bicyclic) bond motifs is 4. The van der Waals surface area contributed by atoms with Crippen LogP contribution >= 0.6 is 0 Å². The zero-order valence-electron chi connectivity index (χ0n) is 22.3. The zero-order valence-corrected chi connectivity index (χ0v) is 22.3. The summed E-state index contributed by atoms with van der Waals surface area (Å²) in [4.78, 5) is 28.4. The molecule has 1 saturated carbocycles. The van der Waals surface area contributed by atoms with Gasteiger partial charge in [-0.15, -0.1) is 0 Å². The fraction of sp³-hybridized carbons (Fsp3) is 0.200. The van der Waals surface area contributed by atoms with Crippen molar-refractivity contribution in [1.82, 2.24) is 39.4 Å². The highest BCUT2D eigenvalue weighted by molar-refractivity contribution is 6.10. The molecule has 10 nitrogen and oxygen atoms in total. The van der Waals surface area contributed by atoms with Crippen molar-refractivity contribution in [2.75, 3.05) is 5.73 Å². The van der Waals surface area contributed by atoms with E-state index in [0.717, 1.165) is 29.3 Å². The SMILES string of the molecule is Cn1nc(C#Cc2ccc(CN(C(=O)c3cc4c(cc3F)nc(N)c3cnn(C)c34)C3CC3)nc2)c2ccncc21. The minimum Gasteiger partial charge on any atom is -0.383 e. The number of amides is 1. The number of nitrogens with two attached hydrogens (primary N) is 1. The Kier molecular flexibility index (Phi) is 5.64. The van der Waals surface area contributed by atoms with Crippen LogP contribution in [0.25, 0.3) is 32.7 Å². The van der Waals surface area contributed by atoms with E-state index in [1.54, 1.807) is 52.2 Å². The standard InChI is InChI=1S/C30H24FN9O/c1-38-27-15-33-10-9-20(27)25(37-38)8-4-17-3-5-18(34-13-17)16-40(19-6-7-19)30(41)21-11-22-26(12-24(21)31)36-29(32)23-14-35-39(2)28(22)23/h3,5,9-15,19H,6-7,16H2,1-2H3,(H2,32,36). The van der Waals surface area contributed by atoms with Crippen LogP contribution in [0.15, 0.2) is 55.1 Å². The number of nitrogens with zero attached hydrogens (tertiary/aromatic N) is 8. The first-order valence-electron chi connectivity index (χ1n) is 13.1. The number of hydrogen-bond acceptors (Lipinski definition) is 7. The van der Waals surface area contributed by atoms with Crippen LogP contribution in [0.1, 0.15) is 40.2 Å². The summed E-state index contributed by atoms with van der Waals surface area (Å²) >= 11 is 0. The third-order valence-corrected chi connectivity index (χ3v) is 7.41. The van der Waals surface area contributed by atoms with E-state index in [1.165, 1.54) is 6.07 Å². The summed E-state index contributed by atoms with van der Waals surface area (Å²) in [5, 5.41) is 11.0. The molecule has 7 rings (SSSR count). The number of benzene rings is 1. The molecule has 5 heterocycles. The predicted octanol–water partition coefficient (Wildman–Crippen LogP) is 3.72. The van der Waals surface area contributed by atoms with Gasteiger partial charge in [0.25, 0.3) is 5.91 Å². The highest BCUT2D eigenvalue weighted by Crippen LogP contribution is 2.33. The molecule has 1 aliphatic carbocycles. The molecule has 0 radical (unpaired) electrons. The van der Waals surface area contributed by atoms with E-state index in [2.05, 4.69) is 37.0 Å². The maximum absolute atomic E-state index is 15.3. The van der Waals surface area contributed by atoms with E-state index in [9.17, 15) is 4.79 Å². The molecule has 0 aliphatic heterocycles. The number of aryl methyl sites for hydroxylation is 2. The van der Waals surface area contributed by atoms with E-state index in [0.29, 0.717) is 33.2 Å². The molecule has 1 aliphatic rings. The van der Waals surface area contributed by atoms with Crippen molar-refractivity contribution in [3.63, 3.8) is 0 Å². The monoisotopic (exact) mass is 545 g/mol. The molecule has 0 unspecified atom stereocenters. The van der Waals surface area contributed by atoms with Crippen LogP contribution in [0.4, 0.5) is 10.2 Å². The van der Waals surface area contributed by atoms with Crippen molar-refractivity contribution in [3.8, 4) is 11.8 Å². The summed E-state index contributed by atoms with van der Waals surface area (Å²) in [5.74, 6) is 5.47. The quantitative estimate of drug-likeness (QED) is 0.335. The second kappa shape index (κ2) is 9.38. The number of carbonyl (C=O) groups is 1. The van der Waals surface area contributed by atoms with Crippen molar-refractivity contribution in [3.05, 3.63) is 83.5 Å². The summed E-state index contributed by atoms with van der Waals surface area (Å²) in [5.41, 5.74) is 10.1. The molecule has 0 atom stereocenters. The fourth-order valence-corrected chi connectivity index (χ4v) is 5.14. The number of nitrogen functional groups attached to an aromatic ring is 1. The van der Waals surface area contributed by atoms with E-state index >= 15 is 4.39 Å². The topological polar surface area (TPSA) is 121 Å². The molecule has 1 amide bonds. The molecule has 0 saturated heterocycles. The van der Waals surface area contributed by atoms with Gasteiger partial charge >= 0.3 is 0 Å². The number of carbonyl (C=O) groups excluding carboxylic acids is 1. The van der Waals surface area contributed by atoms with Gasteiger partial charge in [0.2, 0.25) is 0 Å². The summed E-state index contributed by atoms with van der Waals surface area (Å²) < 4.78 is 18.7. The molecule has 0 bridgehead atoms. The lowest BCUT2D eigenvalue weighted by Crippen LogP contribution is -2.33. The Hall–Kier alpha value is -5.37. The second-order valence-corrected chi connectivity index (χ2v) is 10.2. The van der Waals surface area contributed by atoms with Gasteiger partial charge in [-0.05, 0) is 43.0 Å². The zero-order chi connectivity index (χ0) is 28.2. The summed E-state index contributed by atoms with van der Waals surface area (Å²) in [6.45, 7) is 0.258. The normalized spacial score (nSPS) is 13.0. The lowest BCUT2D eigenvalue weighted by atomic mass is 10.1. The van der Waals surface area contributed by atoms with Crippen molar-refractivity contribution in [1.29, 1.82) is 0 Å². The fourth-order valence-electron chi connectivity index (χ4n) is 5.14. The second-order valence-electron chi connectivity index (χ2n) is 10.2. The van der Waals surface area contributed by atoms with Gasteiger partial charge in [0, 0.05) is 54.9 Å². The molecule has 6 aromatic rings. The Morgan fingerprint density at radius 1 is 1.07 bits per heavy atom. The maximum Gasteiger partial charge on any atom is 0.257 e. The molecule has 5 aromatic heterocycles. The van der Waals surface area contributed by atoms with Crippen LogP contribution < -0.4 is 5.73 Å². The predicted molar refractivity (Wildman–Crippen MR) is 152 cm³/mol. The van der Waals surface area contributed by atoms with Crippen molar-refractivity contribution in [2.45, 2.75) is 25.4 Å². The average molecular weight is 546 g/mol. The number of aromatic nitrogens is 7. The largest absolute Gasteiger partial charge is 0.383 e. The van der Waals surface area contributed by atoms with Crippen LogP contribution in [0.3, 0.4) is 0 Å². The Balaban J connectivity index is 1.16. The van der Waals surface area contributed by atoms with Crippen molar-refractivity contribution in [2.24, 2.45) is 14.1 Å². The highest BCUT2D eigenvalue weighted by atomic mass is 19.1. The van der Waals surface area contributed by atoms with E-state index in [1.807, 2.05) is 25.2 Å². The third-order valence-electron chi connectivity index (χ3n) is 7.41. The van der Waals surface area contributed by atoms with Gasteiger partial charge in [0.05, 0.1) is 52.1 Å². The van der Waals surface area contributed by atoms with Gasteiger partial charge in [-0.25, -0.2) is 9.37 Å². The lowest BCUT2D eigenvalue weighted by Gasteiger charge is -2.22. The molecule has 2 N–H and O–H groups in total. The van der Waals surface area contributed by atoms with Crippen LogP contribution in [0, 0.1) is 17.7 Å². The summed E-state index contributed by atoms with van der Waals surface area (Å²) in [6.07, 6.45) is 8.50. The van der Waals surface area contributed by atoms with E-state index in [4.69, 9.17) is 5.73 Å². The van der Waals surface area contributed by atoms with Gasteiger partial charge in [-0.3, -0.25) is 24.1 Å². The first-order valence-corrected chi connectivity index (χ1v) is 13.1. The molecule has 1 aromatic carbocycles. The molecule has 1 fully saturated rings. The Morgan fingerprint density at radius 2 is 1.93 bits per heavy atom. The van der Waals surface area contributed by atoms with Crippen LogP contribution in [0.5, 0.6) is 0 Å². The van der Waals surface area contributed by atoms with Gasteiger partial charge < -0.3 is 10.6 Å². The number of hydrogen-bond donors (Lipinski definition) is 1. The minimum absolute atomic E-state index is 0.0151. The average Bonchev–Trinajstić information content (AvgIpc) is 3.67. The Morgan fingerprint density at radius 3 is 2.71 bits per heavy atom. The first-order chi connectivity index (χ1) is 19.9. The van der Waals surface area contributed by atoms with E-state index < -0.39 is 5.82 Å². The molecule has 0 spiro atoms. The third kappa shape index (κ3) is 4.30. The lowest BCUT2D eigenvalue weighted by molar-refractivity contribution is 0.0723. The van der Waals surface area contributed by atoms with Crippen LogP contribution in [-0.2, 0) is 20.6 Å². The van der Waals surface area contributed by atoms with Gasteiger partial charge in [0.1, 0.15) is 17.3 Å². The van der Waals surface area contributed by atoms with E-state index in [-0.39, 0.29) is 29.9 Å². The van der Waals surface area contributed by atoms with Crippen molar-refractivity contribution < 1.29 is 9.18 Å². The smallest absolute Gasteiger partial charge is 0.257 e. The maximum atomic E-state index is 15.3. The highest BCUT2D eigenvalue weighted by Gasteiger charge is 2.34. The minimum atomic E-state index is -0.641. The Bertz CT molecular complexity index is 2060. The Labute approximate surface area is 233 Å². The number of anilines is 1. The van der Waals surface area contributed by atoms with Crippen LogP contribution in [-0.4, -0.2) is 51.4 Å². The molecule has 11 heteroatoms. The van der Waals surface area contributed by atoms with Gasteiger partial charge in [0.15, 0.2) is 0 Å². The number of halogens is 1. The van der Waals surface area contributed by atoms with Crippen LogP contribution in [0.2, 0.25) is 0 Å². The molecular weight excluding hydrogens is 521 g/mol. The molecule has 41 heavy (non-hydrogen) atoms. The van der Waals surface area contributed by atoms with Gasteiger partial charge in [-0.2, -0.15) is 10.2 Å².